The third-order valence-electron chi connectivity index (χ3n) is 2.26. The molecular weight excluding hydrogens is 250 g/mol. The van der Waals surface area contributed by atoms with E-state index >= 15 is 0 Å². The molecule has 102 valence electrons. The number of likely N-dealkylation sites (N-methyl/N-ethyl adjacent to an activating group) is 1. The standard InChI is InChI=1S/C12H21N3O2S/c1-9-7-14-10(18-9)5-6-13-11(16)15(4)8-12(2,3)17/h7,17H,5-6,8H2,1-4H3,(H,13,16). The Morgan fingerprint density at radius 2 is 2.28 bits per heavy atom. The van der Waals surface area contributed by atoms with Crippen LogP contribution in [0.1, 0.15) is 23.7 Å². The van der Waals surface area contributed by atoms with E-state index in [-0.39, 0.29) is 6.03 Å². The third-order valence-corrected chi connectivity index (χ3v) is 3.23. The average molecular weight is 271 g/mol. The van der Waals surface area contributed by atoms with Crippen molar-refractivity contribution in [2.45, 2.75) is 32.8 Å². The summed E-state index contributed by atoms with van der Waals surface area (Å²) < 4.78 is 0. The molecule has 2 amide bonds. The molecule has 0 aliphatic carbocycles. The van der Waals surface area contributed by atoms with E-state index in [1.54, 1.807) is 32.2 Å². The molecule has 1 heterocycles. The first-order chi connectivity index (χ1) is 8.28. The van der Waals surface area contributed by atoms with Crippen LogP contribution >= 0.6 is 11.3 Å². The summed E-state index contributed by atoms with van der Waals surface area (Å²) in [6, 6.07) is -0.176. The number of hydrogen-bond donors (Lipinski definition) is 2. The zero-order chi connectivity index (χ0) is 13.8. The summed E-state index contributed by atoms with van der Waals surface area (Å²) in [6.07, 6.45) is 2.57. The summed E-state index contributed by atoms with van der Waals surface area (Å²) in [5.41, 5.74) is -0.876. The lowest BCUT2D eigenvalue weighted by Gasteiger charge is -2.25. The highest BCUT2D eigenvalue weighted by atomic mass is 32.1. The van der Waals surface area contributed by atoms with Crippen molar-refractivity contribution >= 4 is 17.4 Å². The number of rotatable bonds is 5. The summed E-state index contributed by atoms with van der Waals surface area (Å²) in [7, 11) is 1.67. The number of thiazole rings is 1. The van der Waals surface area contributed by atoms with Gasteiger partial charge in [-0.2, -0.15) is 0 Å². The maximum Gasteiger partial charge on any atom is 0.317 e. The maximum absolute atomic E-state index is 11.7. The van der Waals surface area contributed by atoms with Gasteiger partial charge in [-0.1, -0.05) is 0 Å². The van der Waals surface area contributed by atoms with E-state index in [1.807, 2.05) is 13.1 Å². The number of carbonyl (C=O) groups is 1. The summed E-state index contributed by atoms with van der Waals surface area (Å²) in [6.45, 7) is 6.22. The van der Waals surface area contributed by atoms with Gasteiger partial charge in [0.1, 0.15) is 0 Å². The zero-order valence-corrected chi connectivity index (χ0v) is 12.2. The largest absolute Gasteiger partial charge is 0.389 e. The van der Waals surface area contributed by atoms with Crippen molar-refractivity contribution in [3.05, 3.63) is 16.1 Å². The summed E-state index contributed by atoms with van der Waals surface area (Å²) in [4.78, 5) is 18.6. The number of aryl methyl sites for hydroxylation is 1. The zero-order valence-electron chi connectivity index (χ0n) is 11.4. The monoisotopic (exact) mass is 271 g/mol. The number of amides is 2. The molecule has 0 aliphatic heterocycles. The number of nitrogens with one attached hydrogen (secondary N) is 1. The normalized spacial score (nSPS) is 11.4. The minimum atomic E-state index is -0.876. The Kier molecular flexibility index (Phi) is 5.10. The van der Waals surface area contributed by atoms with Crippen LogP contribution in [0.15, 0.2) is 6.20 Å². The molecule has 0 saturated carbocycles. The second-order valence-electron chi connectivity index (χ2n) is 5.02. The molecule has 0 atom stereocenters. The molecule has 18 heavy (non-hydrogen) atoms. The molecule has 1 aromatic heterocycles. The van der Waals surface area contributed by atoms with E-state index in [9.17, 15) is 9.90 Å². The van der Waals surface area contributed by atoms with Crippen molar-refractivity contribution in [1.82, 2.24) is 15.2 Å². The Labute approximate surface area is 112 Å². The number of urea groups is 1. The molecule has 0 radical (unpaired) electrons. The first-order valence-electron chi connectivity index (χ1n) is 5.90. The van der Waals surface area contributed by atoms with Crippen LogP contribution in [-0.4, -0.2) is 46.8 Å². The van der Waals surface area contributed by atoms with Crippen molar-refractivity contribution < 1.29 is 9.90 Å². The van der Waals surface area contributed by atoms with E-state index in [1.165, 1.54) is 9.78 Å². The number of carbonyl (C=O) groups excluding carboxylic acids is 1. The smallest absolute Gasteiger partial charge is 0.317 e. The predicted molar refractivity (Wildman–Crippen MR) is 72.9 cm³/mol. The number of aliphatic hydroxyl groups is 1. The van der Waals surface area contributed by atoms with Crippen LogP contribution in [0, 0.1) is 6.92 Å². The van der Waals surface area contributed by atoms with Crippen molar-refractivity contribution in [2.24, 2.45) is 0 Å². The molecule has 0 fully saturated rings. The van der Waals surface area contributed by atoms with E-state index in [4.69, 9.17) is 0 Å². The highest BCUT2D eigenvalue weighted by molar-refractivity contribution is 7.11. The van der Waals surface area contributed by atoms with E-state index in [0.717, 1.165) is 11.4 Å². The minimum absolute atomic E-state index is 0.176. The fourth-order valence-electron chi connectivity index (χ4n) is 1.58. The quantitative estimate of drug-likeness (QED) is 0.851. The summed E-state index contributed by atoms with van der Waals surface area (Å²) >= 11 is 1.64. The van der Waals surface area contributed by atoms with Gasteiger partial charge in [-0.05, 0) is 20.8 Å². The van der Waals surface area contributed by atoms with Gasteiger partial charge in [0.05, 0.1) is 17.2 Å². The van der Waals surface area contributed by atoms with E-state index < -0.39 is 5.60 Å². The second-order valence-corrected chi connectivity index (χ2v) is 6.33. The fraction of sp³-hybridized carbons (Fsp3) is 0.667. The van der Waals surface area contributed by atoms with Gasteiger partial charge in [0.15, 0.2) is 0 Å². The van der Waals surface area contributed by atoms with E-state index in [0.29, 0.717) is 13.1 Å². The van der Waals surface area contributed by atoms with Crippen LogP contribution in [0.25, 0.3) is 0 Å². The van der Waals surface area contributed by atoms with Crippen LogP contribution in [-0.2, 0) is 6.42 Å². The number of nitrogens with zero attached hydrogens (tertiary/aromatic N) is 2. The second kappa shape index (κ2) is 6.15. The van der Waals surface area contributed by atoms with Gasteiger partial charge in [0.25, 0.3) is 0 Å². The van der Waals surface area contributed by atoms with Gasteiger partial charge in [-0.3, -0.25) is 0 Å². The van der Waals surface area contributed by atoms with Crippen LogP contribution in [0.5, 0.6) is 0 Å². The molecule has 0 unspecified atom stereocenters. The van der Waals surface area contributed by atoms with Crippen molar-refractivity contribution in [1.29, 1.82) is 0 Å². The van der Waals surface area contributed by atoms with Crippen molar-refractivity contribution in [3.8, 4) is 0 Å². The number of aromatic nitrogens is 1. The van der Waals surface area contributed by atoms with Gasteiger partial charge in [0.2, 0.25) is 0 Å². The maximum atomic E-state index is 11.7. The van der Waals surface area contributed by atoms with Gasteiger partial charge < -0.3 is 15.3 Å². The highest BCUT2D eigenvalue weighted by Crippen LogP contribution is 2.11. The molecule has 0 aromatic carbocycles. The predicted octanol–water partition coefficient (Wildman–Crippen LogP) is 1.41. The highest BCUT2D eigenvalue weighted by Gasteiger charge is 2.18. The average Bonchev–Trinajstić information content (AvgIpc) is 2.61. The number of hydrogen-bond acceptors (Lipinski definition) is 4. The van der Waals surface area contributed by atoms with Crippen molar-refractivity contribution in [3.63, 3.8) is 0 Å². The van der Waals surface area contributed by atoms with Crippen LogP contribution in [0.3, 0.4) is 0 Å². The van der Waals surface area contributed by atoms with Crippen LogP contribution < -0.4 is 5.32 Å². The Bertz CT molecular complexity index is 398. The minimum Gasteiger partial charge on any atom is -0.389 e. The van der Waals surface area contributed by atoms with Crippen LogP contribution in [0.4, 0.5) is 4.79 Å². The Balaban J connectivity index is 2.28. The lowest BCUT2D eigenvalue weighted by Crippen LogP contribution is -2.45. The van der Waals surface area contributed by atoms with Gasteiger partial charge in [-0.15, -0.1) is 11.3 Å². The first kappa shape index (κ1) is 14.9. The van der Waals surface area contributed by atoms with Gasteiger partial charge in [-0.25, -0.2) is 9.78 Å². The van der Waals surface area contributed by atoms with Gasteiger partial charge in [0, 0.05) is 31.1 Å². The molecule has 6 heteroatoms. The Morgan fingerprint density at radius 1 is 1.61 bits per heavy atom. The van der Waals surface area contributed by atoms with Crippen LogP contribution in [0.2, 0.25) is 0 Å². The molecule has 0 saturated heterocycles. The molecule has 0 bridgehead atoms. The summed E-state index contributed by atoms with van der Waals surface area (Å²) in [5.74, 6) is 0. The fourth-order valence-corrected chi connectivity index (χ4v) is 2.37. The SMILES string of the molecule is Cc1cnc(CCNC(=O)N(C)CC(C)(C)O)s1. The molecule has 2 N–H and O–H groups in total. The molecule has 0 spiro atoms. The lowest BCUT2D eigenvalue weighted by atomic mass is 10.1. The lowest BCUT2D eigenvalue weighted by molar-refractivity contribution is 0.0532. The third kappa shape index (κ3) is 5.46. The Morgan fingerprint density at radius 3 is 2.78 bits per heavy atom. The topological polar surface area (TPSA) is 65.5 Å². The molecule has 5 nitrogen and oxygen atoms in total. The summed E-state index contributed by atoms with van der Waals surface area (Å²) in [5, 5.41) is 13.4. The Hall–Kier alpha value is -1.14. The molecule has 1 rings (SSSR count). The molecule has 1 aromatic rings. The first-order valence-corrected chi connectivity index (χ1v) is 6.72. The van der Waals surface area contributed by atoms with Gasteiger partial charge >= 0.3 is 6.03 Å². The van der Waals surface area contributed by atoms with E-state index in [2.05, 4.69) is 10.3 Å². The molecular formula is C12H21N3O2S. The van der Waals surface area contributed by atoms with Crippen molar-refractivity contribution in [2.75, 3.05) is 20.1 Å². The molecule has 0 aliphatic rings.